The largest absolute Gasteiger partial charge is 0.323 e. The van der Waals surface area contributed by atoms with Crippen LogP contribution in [0.2, 0.25) is 0 Å². The van der Waals surface area contributed by atoms with Crippen molar-refractivity contribution in [2.24, 2.45) is 0 Å². The van der Waals surface area contributed by atoms with E-state index in [2.05, 4.69) is 10.6 Å². The van der Waals surface area contributed by atoms with Gasteiger partial charge in [0.25, 0.3) is 0 Å². The molecule has 1 fully saturated rings. The summed E-state index contributed by atoms with van der Waals surface area (Å²) in [6.07, 6.45) is 1.51. The van der Waals surface area contributed by atoms with Gasteiger partial charge >= 0.3 is 6.03 Å². The van der Waals surface area contributed by atoms with E-state index >= 15 is 0 Å². The van der Waals surface area contributed by atoms with Crippen molar-refractivity contribution in [1.82, 2.24) is 0 Å². The van der Waals surface area contributed by atoms with Crippen LogP contribution in [0.15, 0.2) is 48.5 Å². The molecule has 5 heteroatoms. The molecule has 118 valence electrons. The molecule has 2 aromatic rings. The van der Waals surface area contributed by atoms with E-state index < -0.39 is 0 Å². The van der Waals surface area contributed by atoms with E-state index in [1.54, 1.807) is 0 Å². The lowest BCUT2D eigenvalue weighted by Gasteiger charge is -2.19. The molecule has 1 aliphatic heterocycles. The van der Waals surface area contributed by atoms with Crippen LogP contribution in [0.1, 0.15) is 18.4 Å². The monoisotopic (exact) mass is 309 g/mol. The number of carbonyl (C=O) groups is 2. The zero-order chi connectivity index (χ0) is 16.2. The van der Waals surface area contributed by atoms with Crippen LogP contribution in [0.4, 0.5) is 21.9 Å². The van der Waals surface area contributed by atoms with Crippen molar-refractivity contribution in [2.45, 2.75) is 19.8 Å². The Morgan fingerprint density at radius 2 is 1.78 bits per heavy atom. The highest BCUT2D eigenvalue weighted by Gasteiger charge is 2.22. The van der Waals surface area contributed by atoms with Crippen molar-refractivity contribution in [3.8, 4) is 0 Å². The van der Waals surface area contributed by atoms with Gasteiger partial charge in [-0.05, 0) is 49.2 Å². The average Bonchev–Trinajstić information content (AvgIpc) is 2.94. The number of hydrogen-bond donors (Lipinski definition) is 2. The fraction of sp³-hybridized carbons (Fsp3) is 0.222. The maximum absolute atomic E-state index is 12.0. The zero-order valence-electron chi connectivity index (χ0n) is 13.0. The Balaban J connectivity index is 1.68. The number of hydrogen-bond acceptors (Lipinski definition) is 2. The van der Waals surface area contributed by atoms with Crippen molar-refractivity contribution in [3.63, 3.8) is 0 Å². The predicted octanol–water partition coefficient (Wildman–Crippen LogP) is 3.77. The minimum absolute atomic E-state index is 0.163. The maximum atomic E-state index is 12.0. The second kappa shape index (κ2) is 6.52. The van der Waals surface area contributed by atoms with Crippen molar-refractivity contribution in [1.29, 1.82) is 0 Å². The first-order valence-electron chi connectivity index (χ1n) is 7.67. The molecular formula is C18H19N3O2. The van der Waals surface area contributed by atoms with Gasteiger partial charge < -0.3 is 15.5 Å². The SMILES string of the molecule is Cc1cc(NC(=O)Nc2ccccc2)ccc1N1CCCC1=O. The summed E-state index contributed by atoms with van der Waals surface area (Å²) in [6.45, 7) is 2.71. The quantitative estimate of drug-likeness (QED) is 0.906. The summed E-state index contributed by atoms with van der Waals surface area (Å²) in [4.78, 5) is 25.6. The lowest BCUT2D eigenvalue weighted by Crippen LogP contribution is -2.24. The Morgan fingerprint density at radius 3 is 2.43 bits per heavy atom. The molecule has 0 aliphatic carbocycles. The molecule has 0 radical (unpaired) electrons. The smallest absolute Gasteiger partial charge is 0.312 e. The summed E-state index contributed by atoms with van der Waals surface area (Å²) in [6, 6.07) is 14.6. The van der Waals surface area contributed by atoms with Crippen LogP contribution in [0.3, 0.4) is 0 Å². The first-order chi connectivity index (χ1) is 11.1. The predicted molar refractivity (Wildman–Crippen MR) is 91.8 cm³/mol. The summed E-state index contributed by atoms with van der Waals surface area (Å²) in [5.41, 5.74) is 3.33. The van der Waals surface area contributed by atoms with Gasteiger partial charge in [0, 0.05) is 30.0 Å². The molecule has 0 spiro atoms. The number of nitrogens with one attached hydrogen (secondary N) is 2. The number of para-hydroxylation sites is 1. The first kappa shape index (κ1) is 15.1. The summed E-state index contributed by atoms with van der Waals surface area (Å²) in [5.74, 6) is 0.163. The molecule has 5 nitrogen and oxygen atoms in total. The molecule has 3 rings (SSSR count). The number of rotatable bonds is 3. The van der Waals surface area contributed by atoms with Gasteiger partial charge in [0.1, 0.15) is 0 Å². The summed E-state index contributed by atoms with van der Waals surface area (Å²) >= 11 is 0. The van der Waals surface area contributed by atoms with E-state index in [0.29, 0.717) is 12.1 Å². The van der Waals surface area contributed by atoms with E-state index in [9.17, 15) is 9.59 Å². The van der Waals surface area contributed by atoms with Crippen LogP contribution in [-0.4, -0.2) is 18.5 Å². The average molecular weight is 309 g/mol. The number of carbonyl (C=O) groups excluding carboxylic acids is 2. The zero-order valence-corrected chi connectivity index (χ0v) is 13.0. The normalized spacial score (nSPS) is 14.0. The summed E-state index contributed by atoms with van der Waals surface area (Å²) in [5, 5.41) is 5.58. The molecule has 1 heterocycles. The number of anilines is 3. The molecule has 0 unspecified atom stereocenters. The molecule has 1 saturated heterocycles. The number of benzene rings is 2. The fourth-order valence-corrected chi connectivity index (χ4v) is 2.75. The highest BCUT2D eigenvalue weighted by Crippen LogP contribution is 2.27. The minimum atomic E-state index is -0.291. The lowest BCUT2D eigenvalue weighted by atomic mass is 10.1. The molecule has 0 bridgehead atoms. The second-order valence-electron chi connectivity index (χ2n) is 5.60. The van der Waals surface area contributed by atoms with Gasteiger partial charge in [-0.2, -0.15) is 0 Å². The second-order valence-corrected chi connectivity index (χ2v) is 5.60. The van der Waals surface area contributed by atoms with Gasteiger partial charge in [-0.1, -0.05) is 18.2 Å². The number of urea groups is 1. The van der Waals surface area contributed by atoms with Crippen LogP contribution < -0.4 is 15.5 Å². The highest BCUT2D eigenvalue weighted by atomic mass is 16.2. The van der Waals surface area contributed by atoms with E-state index in [1.807, 2.05) is 60.4 Å². The Morgan fingerprint density at radius 1 is 1.04 bits per heavy atom. The Hall–Kier alpha value is -2.82. The minimum Gasteiger partial charge on any atom is -0.312 e. The standard InChI is InChI=1S/C18H19N3O2/c1-13-12-15(9-10-16(13)21-11-5-8-17(21)22)20-18(23)19-14-6-3-2-4-7-14/h2-4,6-7,9-10,12H,5,8,11H2,1H3,(H2,19,20,23). The van der Waals surface area contributed by atoms with Gasteiger partial charge in [0.05, 0.1) is 0 Å². The summed E-state index contributed by atoms with van der Waals surface area (Å²) < 4.78 is 0. The summed E-state index contributed by atoms with van der Waals surface area (Å²) in [7, 11) is 0. The van der Waals surface area contributed by atoms with Crippen molar-refractivity contribution in [2.75, 3.05) is 22.1 Å². The third kappa shape index (κ3) is 3.51. The molecule has 0 saturated carbocycles. The van der Waals surface area contributed by atoms with Gasteiger partial charge in [0.2, 0.25) is 5.91 Å². The first-order valence-corrected chi connectivity index (χ1v) is 7.67. The molecule has 2 aromatic carbocycles. The van der Waals surface area contributed by atoms with Crippen LogP contribution in [0.5, 0.6) is 0 Å². The van der Waals surface area contributed by atoms with Gasteiger partial charge in [0.15, 0.2) is 0 Å². The van der Waals surface area contributed by atoms with Crippen LogP contribution in [0.25, 0.3) is 0 Å². The van der Waals surface area contributed by atoms with Gasteiger partial charge in [-0.25, -0.2) is 4.79 Å². The molecule has 23 heavy (non-hydrogen) atoms. The Kier molecular flexibility index (Phi) is 4.28. The van der Waals surface area contributed by atoms with Crippen LogP contribution >= 0.6 is 0 Å². The molecular weight excluding hydrogens is 290 g/mol. The molecule has 2 N–H and O–H groups in total. The van der Waals surface area contributed by atoms with E-state index in [4.69, 9.17) is 0 Å². The number of nitrogens with zero attached hydrogens (tertiary/aromatic N) is 1. The highest BCUT2D eigenvalue weighted by molar-refractivity contribution is 6.00. The number of aryl methyl sites for hydroxylation is 1. The molecule has 3 amide bonds. The van der Waals surface area contributed by atoms with Gasteiger partial charge in [-0.3, -0.25) is 4.79 Å². The third-order valence-electron chi connectivity index (χ3n) is 3.85. The van der Waals surface area contributed by atoms with E-state index in [0.717, 1.165) is 29.9 Å². The van der Waals surface area contributed by atoms with Crippen molar-refractivity contribution < 1.29 is 9.59 Å². The fourth-order valence-electron chi connectivity index (χ4n) is 2.75. The molecule has 0 atom stereocenters. The van der Waals surface area contributed by atoms with Gasteiger partial charge in [-0.15, -0.1) is 0 Å². The maximum Gasteiger partial charge on any atom is 0.323 e. The van der Waals surface area contributed by atoms with Crippen LogP contribution in [-0.2, 0) is 4.79 Å². The number of amides is 3. The Labute approximate surface area is 135 Å². The van der Waals surface area contributed by atoms with Crippen molar-refractivity contribution in [3.05, 3.63) is 54.1 Å². The molecule has 0 aromatic heterocycles. The van der Waals surface area contributed by atoms with Crippen molar-refractivity contribution >= 4 is 29.0 Å². The molecule has 1 aliphatic rings. The van der Waals surface area contributed by atoms with E-state index in [1.165, 1.54) is 0 Å². The van der Waals surface area contributed by atoms with E-state index in [-0.39, 0.29) is 11.9 Å². The Bertz CT molecular complexity index is 728. The lowest BCUT2D eigenvalue weighted by molar-refractivity contribution is -0.117. The third-order valence-corrected chi connectivity index (χ3v) is 3.85. The van der Waals surface area contributed by atoms with Crippen LogP contribution in [0, 0.1) is 6.92 Å². The topological polar surface area (TPSA) is 61.4 Å².